The first-order valence-corrected chi connectivity index (χ1v) is 9.07. The van der Waals surface area contributed by atoms with Gasteiger partial charge in [-0.05, 0) is 24.3 Å². The maximum absolute atomic E-state index is 6.11. The lowest BCUT2D eigenvalue weighted by molar-refractivity contribution is 0.0483. The van der Waals surface area contributed by atoms with E-state index in [0.717, 1.165) is 31.6 Å². The molecule has 1 fully saturated rings. The number of methoxy groups -OCH3 is 1. The zero-order valence-electron chi connectivity index (χ0n) is 15.3. The number of ether oxygens (including phenoxy) is 3. The quantitative estimate of drug-likeness (QED) is 0.712. The van der Waals surface area contributed by atoms with Crippen LogP contribution in [0.1, 0.15) is 18.4 Å². The molecule has 8 heteroatoms. The van der Waals surface area contributed by atoms with Crippen molar-refractivity contribution in [3.05, 3.63) is 35.9 Å². The third-order valence-electron chi connectivity index (χ3n) is 4.72. The highest BCUT2D eigenvalue weighted by Gasteiger charge is 2.20. The predicted molar refractivity (Wildman–Crippen MR) is 101 cm³/mol. The molecule has 0 spiro atoms. The van der Waals surface area contributed by atoms with Crippen LogP contribution >= 0.6 is 0 Å². The Bertz CT molecular complexity index is 907. The molecule has 4 rings (SSSR count). The fraction of sp³-hybridized carbons (Fsp3) is 0.421. The summed E-state index contributed by atoms with van der Waals surface area (Å²) in [5.74, 6) is 0.732. The van der Waals surface area contributed by atoms with Gasteiger partial charge in [-0.1, -0.05) is 30.3 Å². The van der Waals surface area contributed by atoms with E-state index in [4.69, 9.17) is 19.9 Å². The summed E-state index contributed by atoms with van der Waals surface area (Å²) in [7, 11) is 1.58. The molecule has 2 aromatic heterocycles. The van der Waals surface area contributed by atoms with Gasteiger partial charge in [0.25, 0.3) is 6.01 Å². The van der Waals surface area contributed by atoms with Gasteiger partial charge in [0.15, 0.2) is 17.0 Å². The van der Waals surface area contributed by atoms with Crippen molar-refractivity contribution in [3.8, 4) is 12.0 Å². The molecular weight excluding hydrogens is 346 g/mol. The zero-order chi connectivity index (χ0) is 18.6. The number of nitrogens with two attached hydrogens (primary N) is 1. The Morgan fingerprint density at radius 3 is 2.67 bits per heavy atom. The molecule has 27 heavy (non-hydrogen) atoms. The molecule has 1 aliphatic rings. The molecule has 1 aromatic carbocycles. The van der Waals surface area contributed by atoms with Gasteiger partial charge in [0.1, 0.15) is 0 Å². The summed E-state index contributed by atoms with van der Waals surface area (Å²) in [5, 5.41) is 0. The summed E-state index contributed by atoms with van der Waals surface area (Å²) in [6.07, 6.45) is 1.97. The fourth-order valence-electron chi connectivity index (χ4n) is 3.22. The molecule has 0 radical (unpaired) electrons. The Kier molecular flexibility index (Phi) is 5.06. The van der Waals surface area contributed by atoms with Crippen LogP contribution in [0.15, 0.2) is 30.3 Å². The lowest BCUT2D eigenvalue weighted by Crippen LogP contribution is -2.22. The van der Waals surface area contributed by atoms with Crippen molar-refractivity contribution in [3.63, 3.8) is 0 Å². The number of anilines is 1. The first-order chi connectivity index (χ1) is 13.2. The zero-order valence-corrected chi connectivity index (χ0v) is 15.3. The summed E-state index contributed by atoms with van der Waals surface area (Å²) >= 11 is 0. The van der Waals surface area contributed by atoms with Gasteiger partial charge in [-0.3, -0.25) is 4.57 Å². The summed E-state index contributed by atoms with van der Waals surface area (Å²) in [4.78, 5) is 13.3. The van der Waals surface area contributed by atoms with Gasteiger partial charge in [0.05, 0.1) is 20.3 Å². The summed E-state index contributed by atoms with van der Waals surface area (Å²) < 4.78 is 18.5. The Morgan fingerprint density at radius 1 is 1.15 bits per heavy atom. The van der Waals surface area contributed by atoms with Crippen LogP contribution in [0.25, 0.3) is 11.2 Å². The Balaban J connectivity index is 1.63. The second-order valence-corrected chi connectivity index (χ2v) is 6.60. The van der Waals surface area contributed by atoms with Gasteiger partial charge in [0, 0.05) is 13.2 Å². The molecule has 3 aromatic rings. The largest absolute Gasteiger partial charge is 0.468 e. The van der Waals surface area contributed by atoms with Crippen LogP contribution in [-0.4, -0.2) is 46.4 Å². The highest BCUT2D eigenvalue weighted by atomic mass is 16.5. The normalized spacial score (nSPS) is 15.1. The molecule has 0 bridgehead atoms. The van der Waals surface area contributed by atoms with Crippen molar-refractivity contribution in [2.45, 2.75) is 19.4 Å². The number of imidazole rings is 1. The van der Waals surface area contributed by atoms with E-state index in [2.05, 4.69) is 15.0 Å². The van der Waals surface area contributed by atoms with Crippen molar-refractivity contribution < 1.29 is 14.2 Å². The molecule has 0 aliphatic carbocycles. The number of fused-ring (bicyclic) bond motifs is 1. The van der Waals surface area contributed by atoms with Gasteiger partial charge in [-0.15, -0.1) is 0 Å². The molecule has 1 saturated heterocycles. The number of nitrogens with zero attached hydrogens (tertiary/aromatic N) is 4. The van der Waals surface area contributed by atoms with Crippen LogP contribution in [0.5, 0.6) is 12.0 Å². The third kappa shape index (κ3) is 3.80. The molecule has 0 atom stereocenters. The average molecular weight is 369 g/mol. The van der Waals surface area contributed by atoms with E-state index in [1.807, 2.05) is 34.9 Å². The first-order valence-electron chi connectivity index (χ1n) is 9.07. The van der Waals surface area contributed by atoms with E-state index in [1.165, 1.54) is 0 Å². The van der Waals surface area contributed by atoms with Gasteiger partial charge >= 0.3 is 6.01 Å². The monoisotopic (exact) mass is 369 g/mol. The third-order valence-corrected chi connectivity index (χ3v) is 4.72. The van der Waals surface area contributed by atoms with Gasteiger partial charge in [0.2, 0.25) is 0 Å². The van der Waals surface area contributed by atoms with Crippen molar-refractivity contribution >= 4 is 17.0 Å². The van der Waals surface area contributed by atoms with Crippen LogP contribution in [0, 0.1) is 5.92 Å². The Hall–Kier alpha value is -2.87. The maximum Gasteiger partial charge on any atom is 0.320 e. The van der Waals surface area contributed by atoms with Gasteiger partial charge < -0.3 is 19.9 Å². The first kappa shape index (κ1) is 17.5. The molecule has 8 nitrogen and oxygen atoms in total. The van der Waals surface area contributed by atoms with Crippen LogP contribution in [0.4, 0.5) is 5.82 Å². The minimum atomic E-state index is 0.267. The van der Waals surface area contributed by atoms with Crippen LogP contribution in [-0.2, 0) is 11.3 Å². The van der Waals surface area contributed by atoms with Gasteiger partial charge in [-0.25, -0.2) is 0 Å². The number of aromatic nitrogens is 4. The molecule has 0 unspecified atom stereocenters. The topological polar surface area (TPSA) is 97.3 Å². The highest BCUT2D eigenvalue weighted by Crippen LogP contribution is 2.26. The molecule has 1 aliphatic heterocycles. The number of nitrogen functional groups attached to an aromatic ring is 1. The van der Waals surface area contributed by atoms with Crippen molar-refractivity contribution in [1.29, 1.82) is 0 Å². The average Bonchev–Trinajstić information content (AvgIpc) is 3.06. The smallest absolute Gasteiger partial charge is 0.320 e. The number of hydrogen-bond acceptors (Lipinski definition) is 7. The molecular formula is C19H23N5O3. The Labute approximate surface area is 157 Å². The summed E-state index contributed by atoms with van der Waals surface area (Å²) in [5.41, 5.74) is 8.34. The number of benzene rings is 1. The number of hydrogen-bond donors (Lipinski definition) is 1. The van der Waals surface area contributed by atoms with Crippen molar-refractivity contribution in [2.75, 3.05) is 32.7 Å². The highest BCUT2D eigenvalue weighted by molar-refractivity contribution is 5.83. The van der Waals surface area contributed by atoms with Crippen LogP contribution in [0.3, 0.4) is 0 Å². The predicted octanol–water partition coefficient (Wildman–Crippen LogP) is 2.27. The molecule has 142 valence electrons. The fourth-order valence-corrected chi connectivity index (χ4v) is 3.22. The van der Waals surface area contributed by atoms with E-state index in [9.17, 15) is 0 Å². The second kappa shape index (κ2) is 7.79. The maximum atomic E-state index is 6.11. The molecule has 2 N–H and O–H groups in total. The van der Waals surface area contributed by atoms with E-state index < -0.39 is 0 Å². The van der Waals surface area contributed by atoms with E-state index in [1.54, 1.807) is 7.11 Å². The Morgan fingerprint density at radius 2 is 1.93 bits per heavy atom. The van der Waals surface area contributed by atoms with Crippen LogP contribution < -0.4 is 15.2 Å². The van der Waals surface area contributed by atoms with E-state index in [-0.39, 0.29) is 11.8 Å². The van der Waals surface area contributed by atoms with Gasteiger partial charge in [-0.2, -0.15) is 15.0 Å². The SMILES string of the molecule is COc1nc2c(N)nc(OCC3CCOCC3)nc2n1Cc1ccccc1. The lowest BCUT2D eigenvalue weighted by Gasteiger charge is -2.21. The molecule has 0 saturated carbocycles. The van der Waals surface area contributed by atoms with E-state index in [0.29, 0.717) is 36.2 Å². The summed E-state index contributed by atoms with van der Waals surface area (Å²) in [6, 6.07) is 10.8. The van der Waals surface area contributed by atoms with Crippen molar-refractivity contribution in [1.82, 2.24) is 19.5 Å². The number of rotatable bonds is 6. The van der Waals surface area contributed by atoms with Crippen LogP contribution in [0.2, 0.25) is 0 Å². The molecule has 0 amide bonds. The van der Waals surface area contributed by atoms with Crippen molar-refractivity contribution in [2.24, 2.45) is 5.92 Å². The molecule has 3 heterocycles. The van der Waals surface area contributed by atoms with E-state index >= 15 is 0 Å². The summed E-state index contributed by atoms with van der Waals surface area (Å²) in [6.45, 7) is 2.67. The second-order valence-electron chi connectivity index (χ2n) is 6.60. The minimum absolute atomic E-state index is 0.267. The lowest BCUT2D eigenvalue weighted by atomic mass is 10.0. The standard InChI is InChI=1S/C19H23N5O3/c1-25-19-21-15-16(20)22-18(27-12-14-7-9-26-10-8-14)23-17(15)24(19)11-13-5-3-2-4-6-13/h2-6,14H,7-12H2,1H3,(H2,20,22,23). The minimum Gasteiger partial charge on any atom is -0.468 e.